The molecule has 0 nitrogen and oxygen atoms in total. The summed E-state index contributed by atoms with van der Waals surface area (Å²) in [7, 11) is 0. The molecule has 0 atom stereocenters. The molecule has 3 heteroatoms. The first-order chi connectivity index (χ1) is 7.27. The van der Waals surface area contributed by atoms with Gasteiger partial charge >= 0.3 is 0 Å². The summed E-state index contributed by atoms with van der Waals surface area (Å²) in [5.41, 5.74) is 2.75. The van der Waals surface area contributed by atoms with Crippen molar-refractivity contribution < 1.29 is 0 Å². The van der Waals surface area contributed by atoms with Gasteiger partial charge in [0.1, 0.15) is 0 Å². The van der Waals surface area contributed by atoms with E-state index in [9.17, 15) is 0 Å². The molecule has 74 valence electrons. The number of rotatable bonds is 2. The smallest absolute Gasteiger partial charge is 0.143 e. The van der Waals surface area contributed by atoms with Crippen LogP contribution in [0.15, 0.2) is 64.8 Å². The number of allylic oxidation sites excluding steroid dienone is 3. The van der Waals surface area contributed by atoms with Crippen LogP contribution in [0.25, 0.3) is 0 Å². The summed E-state index contributed by atoms with van der Waals surface area (Å²) < 4.78 is 0. The van der Waals surface area contributed by atoms with Crippen LogP contribution < -0.4 is 5.46 Å². The van der Waals surface area contributed by atoms with E-state index >= 15 is 0 Å². The second kappa shape index (κ2) is 4.46. The Kier molecular flexibility index (Phi) is 3.22. The molecule has 0 radical (unpaired) electrons. The van der Waals surface area contributed by atoms with Crippen molar-refractivity contribution in [2.75, 3.05) is 0 Å². The van der Waals surface area contributed by atoms with Crippen LogP contribution in [0.2, 0.25) is 0 Å². The van der Waals surface area contributed by atoms with E-state index in [4.69, 9.17) is 0 Å². The Morgan fingerprint density at radius 3 is 2.60 bits per heavy atom. The molecule has 0 amide bonds. The average molecular weight is 277 g/mol. The minimum absolute atomic E-state index is 0.237. The first-order valence-electron chi connectivity index (χ1n) is 4.68. The zero-order valence-electron chi connectivity index (χ0n) is 8.24. The molecule has 0 saturated heterocycles. The molecule has 1 heterocycles. The largest absolute Gasteiger partial charge is 0.289 e. The monoisotopic (exact) mass is 276 g/mol. The fourth-order valence-corrected chi connectivity index (χ4v) is 3.84. The Hall–Kier alpha value is -0.665. The maximum Gasteiger partial charge on any atom is 0.289 e. The van der Waals surface area contributed by atoms with Crippen LogP contribution in [-0.4, -0.2) is 5.54 Å². The molecule has 0 bridgehead atoms. The molecule has 0 saturated carbocycles. The van der Waals surface area contributed by atoms with Gasteiger partial charge in [0, 0.05) is 9.80 Å². The van der Waals surface area contributed by atoms with Crippen molar-refractivity contribution in [1.29, 1.82) is 0 Å². The van der Waals surface area contributed by atoms with Gasteiger partial charge in [-0.25, -0.2) is 0 Å². The number of thioether (sulfide) groups is 1. The summed E-state index contributed by atoms with van der Waals surface area (Å²) in [5, 5.41) is 0. The predicted octanol–water partition coefficient (Wildman–Crippen LogP) is 3.55. The van der Waals surface area contributed by atoms with Crippen LogP contribution in [0.1, 0.15) is 0 Å². The molecule has 0 aromatic heterocycles. The van der Waals surface area contributed by atoms with E-state index in [0.29, 0.717) is 0 Å². The topological polar surface area (TPSA) is 0 Å². The molecule has 0 aliphatic carbocycles. The molecule has 0 spiro atoms. The average Bonchev–Trinajstić information content (AvgIpc) is 2.29. The van der Waals surface area contributed by atoms with Gasteiger partial charge in [-0.3, -0.25) is 0 Å². The van der Waals surface area contributed by atoms with Crippen molar-refractivity contribution >= 4 is 38.5 Å². The molecule has 1 aliphatic heterocycles. The summed E-state index contributed by atoms with van der Waals surface area (Å²) in [6.07, 6.45) is 3.80. The Labute approximate surface area is 103 Å². The van der Waals surface area contributed by atoms with E-state index in [-0.39, 0.29) is 5.54 Å². The number of hydrogen-bond acceptors (Lipinski definition) is 1. The van der Waals surface area contributed by atoms with Gasteiger partial charge in [-0.15, -0.1) is 15.8 Å². The molecule has 2 rings (SSSR count). The van der Waals surface area contributed by atoms with Crippen LogP contribution in [0.4, 0.5) is 0 Å². The lowest BCUT2D eigenvalue weighted by atomic mass is 9.62. The molecule has 0 N–H and O–H groups in total. The number of halogens is 1. The van der Waals surface area contributed by atoms with E-state index < -0.39 is 0 Å². The third-order valence-corrected chi connectivity index (χ3v) is 4.58. The molecular formula is C12H10BBrS. The minimum atomic E-state index is 0.237. The first kappa shape index (κ1) is 10.8. The Morgan fingerprint density at radius 1 is 1.20 bits per heavy atom. The lowest BCUT2D eigenvalue weighted by Crippen LogP contribution is -2.30. The second-order valence-electron chi connectivity index (χ2n) is 3.23. The number of fused-ring (bicyclic) bond motifs is 1. The van der Waals surface area contributed by atoms with Gasteiger partial charge in [-0.05, 0) is 17.0 Å². The van der Waals surface area contributed by atoms with E-state index in [0.717, 1.165) is 0 Å². The fourth-order valence-electron chi connectivity index (χ4n) is 1.62. The quantitative estimate of drug-likeness (QED) is 0.745. The molecular weight excluding hydrogens is 267 g/mol. The third-order valence-electron chi connectivity index (χ3n) is 2.37. The molecule has 1 aliphatic rings. The molecule has 0 unspecified atom stereocenters. The highest BCUT2D eigenvalue weighted by Gasteiger charge is 2.26. The predicted molar refractivity (Wildman–Crippen MR) is 74.0 cm³/mol. The van der Waals surface area contributed by atoms with Crippen LogP contribution in [-0.2, 0) is 0 Å². The van der Waals surface area contributed by atoms with Crippen LogP contribution >= 0.6 is 27.5 Å². The lowest BCUT2D eigenvalue weighted by molar-refractivity contribution is 1.51. The maximum absolute atomic E-state index is 3.86. The number of benzene rings is 1. The summed E-state index contributed by atoms with van der Waals surface area (Å²) in [5.74, 6) is 0. The van der Waals surface area contributed by atoms with E-state index in [2.05, 4.69) is 53.2 Å². The van der Waals surface area contributed by atoms with Crippen LogP contribution in [0, 0.1) is 0 Å². The Balaban J connectivity index is 2.56. The molecule has 15 heavy (non-hydrogen) atoms. The minimum Gasteiger partial charge on any atom is -0.143 e. The van der Waals surface area contributed by atoms with Crippen molar-refractivity contribution in [2.45, 2.75) is 4.90 Å². The second-order valence-corrected chi connectivity index (χ2v) is 5.23. The standard InChI is InChI=1S/C12H10BBrS/c1-3-9-11(4-2)15-12-8-6-5-7-10(12)13(9)14/h3-8H,1-2H2. The van der Waals surface area contributed by atoms with Crippen molar-refractivity contribution in [1.82, 2.24) is 0 Å². The Morgan fingerprint density at radius 2 is 1.93 bits per heavy atom. The molecule has 1 aromatic rings. The molecule has 0 fully saturated rings. The van der Waals surface area contributed by atoms with Crippen molar-refractivity contribution in [3.8, 4) is 0 Å². The first-order valence-corrected chi connectivity index (χ1v) is 6.41. The zero-order chi connectivity index (χ0) is 10.8. The lowest BCUT2D eigenvalue weighted by Gasteiger charge is -2.21. The Bertz CT molecular complexity index is 451. The third kappa shape index (κ3) is 1.86. The highest BCUT2D eigenvalue weighted by Crippen LogP contribution is 2.35. The van der Waals surface area contributed by atoms with Crippen molar-refractivity contribution in [2.24, 2.45) is 0 Å². The van der Waals surface area contributed by atoms with Crippen LogP contribution in [0.3, 0.4) is 0 Å². The van der Waals surface area contributed by atoms with Gasteiger partial charge in [-0.2, -0.15) is 0 Å². The highest BCUT2D eigenvalue weighted by atomic mass is 79.9. The van der Waals surface area contributed by atoms with Gasteiger partial charge in [0.15, 0.2) is 0 Å². The maximum atomic E-state index is 3.86. The van der Waals surface area contributed by atoms with Gasteiger partial charge in [0.25, 0.3) is 5.54 Å². The van der Waals surface area contributed by atoms with Crippen molar-refractivity contribution in [3.05, 3.63) is 60.0 Å². The van der Waals surface area contributed by atoms with E-state index in [1.54, 1.807) is 11.8 Å². The summed E-state index contributed by atoms with van der Waals surface area (Å²) in [6.45, 7) is 7.70. The van der Waals surface area contributed by atoms with Crippen molar-refractivity contribution in [3.63, 3.8) is 0 Å². The van der Waals surface area contributed by atoms with Gasteiger partial charge in [0.05, 0.1) is 0 Å². The van der Waals surface area contributed by atoms with Gasteiger partial charge < -0.3 is 0 Å². The summed E-state index contributed by atoms with van der Waals surface area (Å²) in [6, 6.07) is 8.40. The van der Waals surface area contributed by atoms with Crippen LogP contribution in [0.5, 0.6) is 0 Å². The van der Waals surface area contributed by atoms with Gasteiger partial charge in [0.2, 0.25) is 0 Å². The fraction of sp³-hybridized carbons (Fsp3) is 0. The number of hydrogen-bond donors (Lipinski definition) is 0. The van der Waals surface area contributed by atoms with Gasteiger partial charge in [-0.1, -0.05) is 55.3 Å². The summed E-state index contributed by atoms with van der Waals surface area (Å²) in [4.78, 5) is 2.48. The normalized spacial score (nSPS) is 14.9. The molecule has 1 aromatic carbocycles. The van der Waals surface area contributed by atoms with E-state index in [1.165, 1.54) is 20.7 Å². The summed E-state index contributed by atoms with van der Waals surface area (Å²) >= 11 is 5.46. The SMILES string of the molecule is C=CC1=C(C=C)B(Br)c2ccccc2S1. The zero-order valence-corrected chi connectivity index (χ0v) is 10.6. The highest BCUT2D eigenvalue weighted by molar-refractivity contribution is 9.25. The van der Waals surface area contributed by atoms with E-state index in [1.807, 2.05) is 12.2 Å².